The fraction of sp³-hybridized carbons (Fsp3) is 1.00. The van der Waals surface area contributed by atoms with Gasteiger partial charge >= 0.3 is 0 Å². The van der Waals surface area contributed by atoms with Crippen LogP contribution < -0.4 is 0 Å². The van der Waals surface area contributed by atoms with E-state index in [0.29, 0.717) is 0 Å². The van der Waals surface area contributed by atoms with Crippen molar-refractivity contribution < 1.29 is 5.48 Å². The Morgan fingerprint density at radius 3 is 1.00 bits per heavy atom. The van der Waals surface area contributed by atoms with Crippen LogP contribution in [0.15, 0.2) is 0 Å². The van der Waals surface area contributed by atoms with Crippen LogP contribution in [0.4, 0.5) is 0 Å². The third-order valence-corrected chi connectivity index (χ3v) is 5.22. The number of hydrogen-bond donors (Lipinski definition) is 0. The lowest BCUT2D eigenvalue weighted by Gasteiger charge is -2.17. The summed E-state index contributed by atoms with van der Waals surface area (Å²) in [5.41, 5.74) is 0. The third-order valence-electron chi connectivity index (χ3n) is 5.22. The van der Waals surface area contributed by atoms with E-state index in [0.717, 1.165) is 0 Å². The molecule has 0 radical (unpaired) electrons. The van der Waals surface area contributed by atoms with Gasteiger partial charge in [-0.3, -0.25) is 0 Å². The Balaban J connectivity index is 0. The maximum absolute atomic E-state index is 2.55. The highest BCUT2D eigenvalue weighted by atomic mass is 16.0. The molecule has 0 aliphatic carbocycles. The van der Waals surface area contributed by atoms with Crippen LogP contribution in [0, 0.1) is 0 Å². The first kappa shape index (κ1) is 26.2. The van der Waals surface area contributed by atoms with E-state index in [1.807, 2.05) is 0 Å². The summed E-state index contributed by atoms with van der Waals surface area (Å²) in [5, 5.41) is 0. The molecule has 0 aliphatic heterocycles. The Kier molecular flexibility index (Phi) is 25.0. The molecule has 24 heavy (non-hydrogen) atoms. The second-order valence-electron chi connectivity index (χ2n) is 7.33. The number of rotatable bonds is 19. The Labute approximate surface area is 154 Å². The highest BCUT2D eigenvalue weighted by molar-refractivity contribution is 4.54. The van der Waals surface area contributed by atoms with Crippen molar-refractivity contribution in [2.75, 3.05) is 19.6 Å². The van der Waals surface area contributed by atoms with Crippen LogP contribution in [0.25, 0.3) is 0 Å². The van der Waals surface area contributed by atoms with Crippen molar-refractivity contribution in [3.63, 3.8) is 0 Å². The molecular weight excluding hydrogens is 294 g/mol. The molecule has 2 heteroatoms. The molecule has 2 N–H and O–H groups in total. The predicted molar refractivity (Wildman–Crippen MR) is 111 cm³/mol. The first-order chi connectivity index (χ1) is 11.3. The van der Waals surface area contributed by atoms with Gasteiger partial charge in [0.25, 0.3) is 0 Å². The molecule has 0 aromatic carbocycles. The highest BCUT2D eigenvalue weighted by Gasteiger charge is 1.98. The van der Waals surface area contributed by atoms with Gasteiger partial charge in [-0.2, -0.15) is 0 Å². The van der Waals surface area contributed by atoms with Gasteiger partial charge in [-0.15, -0.1) is 0 Å². The summed E-state index contributed by atoms with van der Waals surface area (Å²) in [6, 6.07) is 0. The molecule has 2 nitrogen and oxygen atoms in total. The van der Waals surface area contributed by atoms with E-state index in [4.69, 9.17) is 0 Å². The predicted octanol–water partition coefficient (Wildman–Crippen LogP) is 6.77. The monoisotopic (exact) mass is 343 g/mol. The van der Waals surface area contributed by atoms with Crippen molar-refractivity contribution >= 4 is 0 Å². The van der Waals surface area contributed by atoms with Crippen molar-refractivity contribution in [1.29, 1.82) is 0 Å². The fourth-order valence-electron chi connectivity index (χ4n) is 3.42. The zero-order valence-electron chi connectivity index (χ0n) is 17.4. The lowest BCUT2D eigenvalue weighted by atomic mass is 10.0. The van der Waals surface area contributed by atoms with Gasteiger partial charge in [-0.1, -0.05) is 117 Å². The second kappa shape index (κ2) is 22.9. The van der Waals surface area contributed by atoms with Crippen molar-refractivity contribution in [3.05, 3.63) is 0 Å². The molecule has 0 bridgehead atoms. The third kappa shape index (κ3) is 20.0. The van der Waals surface area contributed by atoms with Crippen LogP contribution >= 0.6 is 0 Å². The van der Waals surface area contributed by atoms with Crippen molar-refractivity contribution in [2.45, 2.75) is 124 Å². The van der Waals surface area contributed by atoms with E-state index >= 15 is 0 Å². The summed E-state index contributed by atoms with van der Waals surface area (Å²) in [6.45, 7) is 10.6. The fourth-order valence-corrected chi connectivity index (χ4v) is 3.42. The van der Waals surface area contributed by atoms with Gasteiger partial charge in [0.2, 0.25) is 0 Å². The van der Waals surface area contributed by atoms with E-state index in [1.54, 1.807) is 0 Å². The molecule has 0 aromatic rings. The van der Waals surface area contributed by atoms with Gasteiger partial charge in [-0.25, -0.2) is 0 Å². The smallest absolute Gasteiger partial charge is 0.00190 e. The molecule has 0 heterocycles. The Morgan fingerprint density at radius 1 is 0.417 bits per heavy atom. The Morgan fingerprint density at radius 2 is 0.708 bits per heavy atom. The minimum Gasteiger partial charge on any atom is -0.412 e. The summed E-state index contributed by atoms with van der Waals surface area (Å²) in [5.74, 6) is 0. The quantitative estimate of drug-likeness (QED) is 0.238. The average Bonchev–Trinajstić information content (AvgIpc) is 2.58. The Hall–Kier alpha value is -0.0800. The van der Waals surface area contributed by atoms with Gasteiger partial charge < -0.3 is 10.4 Å². The summed E-state index contributed by atoms with van der Waals surface area (Å²) >= 11 is 0. The molecule has 0 fully saturated rings. The molecule has 0 atom stereocenters. The summed E-state index contributed by atoms with van der Waals surface area (Å²) in [6.07, 6.45) is 23.4. The first-order valence-electron chi connectivity index (χ1n) is 11.1. The zero-order valence-corrected chi connectivity index (χ0v) is 17.4. The normalized spacial score (nSPS) is 11.0. The highest BCUT2D eigenvalue weighted by Crippen LogP contribution is 2.13. The second-order valence-corrected chi connectivity index (χ2v) is 7.33. The molecule has 0 saturated heterocycles. The molecule has 0 spiro atoms. The van der Waals surface area contributed by atoms with E-state index in [9.17, 15) is 0 Å². The minimum absolute atomic E-state index is 0. The zero-order chi connectivity index (χ0) is 17.0. The lowest BCUT2D eigenvalue weighted by Crippen LogP contribution is -2.23. The SMILES string of the molecule is CCCCCCCCCCCCCCCCCCN(CC)CC.O. The maximum Gasteiger partial charge on any atom is -0.00190 e. The maximum atomic E-state index is 2.55. The minimum atomic E-state index is 0. The lowest BCUT2D eigenvalue weighted by molar-refractivity contribution is 0.295. The first-order valence-corrected chi connectivity index (χ1v) is 11.1. The number of nitrogens with zero attached hydrogens (tertiary/aromatic N) is 1. The van der Waals surface area contributed by atoms with Crippen LogP contribution in [0.5, 0.6) is 0 Å². The Bertz CT molecular complexity index is 204. The van der Waals surface area contributed by atoms with Gasteiger partial charge in [0.15, 0.2) is 0 Å². The van der Waals surface area contributed by atoms with E-state index < -0.39 is 0 Å². The van der Waals surface area contributed by atoms with E-state index in [-0.39, 0.29) is 5.48 Å². The summed E-state index contributed by atoms with van der Waals surface area (Å²) in [7, 11) is 0. The molecule has 0 unspecified atom stereocenters. The molecule has 0 amide bonds. The van der Waals surface area contributed by atoms with Crippen molar-refractivity contribution in [3.8, 4) is 0 Å². The summed E-state index contributed by atoms with van der Waals surface area (Å²) < 4.78 is 0. The van der Waals surface area contributed by atoms with Crippen LogP contribution in [0.2, 0.25) is 0 Å². The molecule has 0 saturated carbocycles. The van der Waals surface area contributed by atoms with Crippen LogP contribution in [0.3, 0.4) is 0 Å². The van der Waals surface area contributed by atoms with Crippen LogP contribution in [-0.4, -0.2) is 30.0 Å². The molecular formula is C22H49NO. The van der Waals surface area contributed by atoms with E-state index in [1.165, 1.54) is 122 Å². The van der Waals surface area contributed by atoms with Crippen molar-refractivity contribution in [2.24, 2.45) is 0 Å². The number of hydrogen-bond acceptors (Lipinski definition) is 1. The van der Waals surface area contributed by atoms with Gasteiger partial charge in [0, 0.05) is 0 Å². The average molecular weight is 344 g/mol. The topological polar surface area (TPSA) is 34.7 Å². The van der Waals surface area contributed by atoms with Gasteiger partial charge in [-0.05, 0) is 26.1 Å². The number of unbranched alkanes of at least 4 members (excludes halogenated alkanes) is 15. The van der Waals surface area contributed by atoms with Crippen molar-refractivity contribution in [1.82, 2.24) is 4.90 Å². The molecule has 0 rings (SSSR count). The van der Waals surface area contributed by atoms with Gasteiger partial charge in [0.1, 0.15) is 0 Å². The standard InChI is InChI=1S/C22H47N.H2O/c1-4-7-8-9-10-11-12-13-14-15-16-17-18-19-20-21-22-23(5-2)6-3;/h4-22H2,1-3H3;1H2. The molecule has 0 aromatic heterocycles. The molecule has 148 valence electrons. The van der Waals surface area contributed by atoms with Crippen LogP contribution in [0.1, 0.15) is 124 Å². The summed E-state index contributed by atoms with van der Waals surface area (Å²) in [4.78, 5) is 2.55. The molecule has 0 aliphatic rings. The van der Waals surface area contributed by atoms with Crippen LogP contribution in [-0.2, 0) is 0 Å². The van der Waals surface area contributed by atoms with E-state index in [2.05, 4.69) is 25.7 Å². The largest absolute Gasteiger partial charge is 0.412 e. The van der Waals surface area contributed by atoms with Gasteiger partial charge in [0.05, 0.1) is 0 Å².